The highest BCUT2D eigenvalue weighted by atomic mass is 16.2. The minimum Gasteiger partial charge on any atom is -0.399 e. The van der Waals surface area contributed by atoms with Crippen LogP contribution in [0.4, 0.5) is 11.4 Å². The molecule has 0 bridgehead atoms. The number of aromatic nitrogens is 3. The molecule has 6 heteroatoms. The summed E-state index contributed by atoms with van der Waals surface area (Å²) in [6, 6.07) is 11.0. The number of anilines is 2. The average molecular weight is 277 g/mol. The molecule has 4 rings (SSSR count). The number of nitrogens with two attached hydrogens (primary N) is 1. The van der Waals surface area contributed by atoms with E-state index < -0.39 is 0 Å². The molecule has 0 saturated heterocycles. The van der Waals surface area contributed by atoms with E-state index in [0.717, 1.165) is 27.8 Å². The minimum absolute atomic E-state index is 0.129. The smallest absolute Gasteiger partial charge is 0.256 e. The van der Waals surface area contributed by atoms with Crippen LogP contribution in [-0.4, -0.2) is 21.3 Å². The maximum Gasteiger partial charge on any atom is 0.256 e. The first-order valence-electron chi connectivity index (χ1n) is 6.44. The summed E-state index contributed by atoms with van der Waals surface area (Å²) in [5.41, 5.74) is 11.1. The fraction of sp³-hybridized carbons (Fsp3) is 0. The van der Waals surface area contributed by atoms with E-state index in [1.165, 1.54) is 0 Å². The number of fused-ring (bicyclic) bond motifs is 2. The standard InChI is InChI=1S/C15H11N5O/c16-9-2-4-12-10(7-9)11(15(21)17-12)5-8-1-3-13-14(6-8)19-20-18-13/h1-7H,16H2,(H,17,21)(H,18,19,20)/b11-5+. The quantitative estimate of drug-likeness (QED) is 0.468. The van der Waals surface area contributed by atoms with Crippen LogP contribution in [0, 0.1) is 0 Å². The van der Waals surface area contributed by atoms with Crippen LogP contribution in [0.2, 0.25) is 0 Å². The first-order chi connectivity index (χ1) is 10.2. The second-order valence-electron chi connectivity index (χ2n) is 4.91. The van der Waals surface area contributed by atoms with E-state index >= 15 is 0 Å². The molecular weight excluding hydrogens is 266 g/mol. The molecule has 3 aromatic rings. The van der Waals surface area contributed by atoms with Gasteiger partial charge in [-0.15, -0.1) is 5.10 Å². The molecule has 0 spiro atoms. The lowest BCUT2D eigenvalue weighted by Gasteiger charge is -2.00. The summed E-state index contributed by atoms with van der Waals surface area (Å²) in [7, 11) is 0. The van der Waals surface area contributed by atoms with Gasteiger partial charge in [-0.25, -0.2) is 0 Å². The van der Waals surface area contributed by atoms with Crippen molar-refractivity contribution in [1.29, 1.82) is 0 Å². The topological polar surface area (TPSA) is 96.7 Å². The molecule has 1 aliphatic rings. The summed E-state index contributed by atoms with van der Waals surface area (Å²) < 4.78 is 0. The van der Waals surface area contributed by atoms with Gasteiger partial charge in [-0.1, -0.05) is 11.3 Å². The third-order valence-electron chi connectivity index (χ3n) is 3.49. The maximum atomic E-state index is 12.1. The molecular formula is C15H11N5O. The molecule has 1 aliphatic heterocycles. The zero-order chi connectivity index (χ0) is 14.4. The summed E-state index contributed by atoms with van der Waals surface area (Å²) in [4.78, 5) is 12.1. The summed E-state index contributed by atoms with van der Waals surface area (Å²) in [5.74, 6) is -0.129. The van der Waals surface area contributed by atoms with Crippen LogP contribution in [-0.2, 0) is 4.79 Å². The molecule has 21 heavy (non-hydrogen) atoms. The monoisotopic (exact) mass is 277 g/mol. The molecule has 102 valence electrons. The molecule has 1 amide bonds. The molecule has 2 heterocycles. The van der Waals surface area contributed by atoms with Crippen molar-refractivity contribution in [3.05, 3.63) is 47.5 Å². The van der Waals surface area contributed by atoms with Crippen molar-refractivity contribution in [2.75, 3.05) is 11.1 Å². The van der Waals surface area contributed by atoms with Gasteiger partial charge < -0.3 is 11.1 Å². The van der Waals surface area contributed by atoms with Gasteiger partial charge in [0.05, 0.1) is 5.52 Å². The number of nitrogens with zero attached hydrogens (tertiary/aromatic N) is 2. The van der Waals surface area contributed by atoms with Gasteiger partial charge in [0.1, 0.15) is 5.52 Å². The average Bonchev–Trinajstić information content (AvgIpc) is 3.04. The number of nitrogen functional groups attached to an aromatic ring is 1. The van der Waals surface area contributed by atoms with Gasteiger partial charge in [0.15, 0.2) is 0 Å². The Hall–Kier alpha value is -3.15. The molecule has 0 aliphatic carbocycles. The highest BCUT2D eigenvalue weighted by Gasteiger charge is 2.24. The molecule has 2 aromatic carbocycles. The second kappa shape index (κ2) is 4.17. The van der Waals surface area contributed by atoms with Crippen LogP contribution in [0.3, 0.4) is 0 Å². The number of carbonyl (C=O) groups excluding carboxylic acids is 1. The first kappa shape index (κ1) is 11.7. The van der Waals surface area contributed by atoms with E-state index in [1.807, 2.05) is 30.3 Å². The molecule has 1 aromatic heterocycles. The van der Waals surface area contributed by atoms with Gasteiger partial charge in [-0.05, 0) is 42.0 Å². The second-order valence-corrected chi connectivity index (χ2v) is 4.91. The van der Waals surface area contributed by atoms with Crippen molar-refractivity contribution in [3.8, 4) is 0 Å². The van der Waals surface area contributed by atoms with Crippen molar-refractivity contribution < 1.29 is 4.79 Å². The Morgan fingerprint density at radius 3 is 2.95 bits per heavy atom. The number of benzene rings is 2. The molecule has 0 atom stereocenters. The number of hydrogen-bond donors (Lipinski definition) is 3. The molecule has 0 unspecified atom stereocenters. The van der Waals surface area contributed by atoms with E-state index in [-0.39, 0.29) is 5.91 Å². The number of aromatic amines is 1. The number of nitrogens with one attached hydrogen (secondary N) is 2. The van der Waals surface area contributed by atoms with E-state index in [9.17, 15) is 4.79 Å². The largest absolute Gasteiger partial charge is 0.399 e. The van der Waals surface area contributed by atoms with Crippen LogP contribution < -0.4 is 11.1 Å². The lowest BCUT2D eigenvalue weighted by molar-refractivity contribution is -0.110. The Bertz CT molecular complexity index is 909. The van der Waals surface area contributed by atoms with Gasteiger partial charge >= 0.3 is 0 Å². The maximum absolute atomic E-state index is 12.1. The summed E-state index contributed by atoms with van der Waals surface area (Å²) in [6.45, 7) is 0. The highest BCUT2D eigenvalue weighted by Crippen LogP contribution is 2.34. The van der Waals surface area contributed by atoms with Crippen molar-refractivity contribution in [2.24, 2.45) is 0 Å². The third-order valence-corrected chi connectivity index (χ3v) is 3.49. The molecule has 0 fully saturated rings. The SMILES string of the molecule is Nc1ccc2c(c1)/C(=C\c1ccc3[nH]nnc3c1)C(=O)N2. The summed E-state index contributed by atoms with van der Waals surface area (Å²) >= 11 is 0. The Balaban J connectivity index is 1.85. The zero-order valence-corrected chi connectivity index (χ0v) is 10.9. The number of H-pyrrole nitrogens is 1. The van der Waals surface area contributed by atoms with Crippen LogP contribution in [0.25, 0.3) is 22.7 Å². The number of rotatable bonds is 1. The first-order valence-corrected chi connectivity index (χ1v) is 6.44. The lowest BCUT2D eigenvalue weighted by Crippen LogP contribution is -2.03. The zero-order valence-electron chi connectivity index (χ0n) is 10.9. The van der Waals surface area contributed by atoms with Gasteiger partial charge in [-0.2, -0.15) is 0 Å². The van der Waals surface area contributed by atoms with Gasteiger partial charge in [-0.3, -0.25) is 9.89 Å². The molecule has 6 nitrogen and oxygen atoms in total. The summed E-state index contributed by atoms with van der Waals surface area (Å²) in [5, 5.41) is 13.3. The Morgan fingerprint density at radius 1 is 1.14 bits per heavy atom. The van der Waals surface area contributed by atoms with Crippen molar-refractivity contribution in [1.82, 2.24) is 15.4 Å². The molecule has 0 saturated carbocycles. The number of hydrogen-bond acceptors (Lipinski definition) is 4. The van der Waals surface area contributed by atoms with Crippen molar-refractivity contribution in [2.45, 2.75) is 0 Å². The predicted octanol–water partition coefficient (Wildman–Crippen LogP) is 2.03. The van der Waals surface area contributed by atoms with Crippen LogP contribution in [0.15, 0.2) is 36.4 Å². The van der Waals surface area contributed by atoms with E-state index in [2.05, 4.69) is 20.7 Å². The van der Waals surface area contributed by atoms with Crippen LogP contribution >= 0.6 is 0 Å². The number of carbonyl (C=O) groups is 1. The van der Waals surface area contributed by atoms with Crippen LogP contribution in [0.5, 0.6) is 0 Å². The number of amides is 1. The van der Waals surface area contributed by atoms with Crippen molar-refractivity contribution >= 4 is 40.0 Å². The lowest BCUT2D eigenvalue weighted by atomic mass is 10.0. The third kappa shape index (κ3) is 1.85. The molecule has 4 N–H and O–H groups in total. The van der Waals surface area contributed by atoms with Gasteiger partial charge in [0, 0.05) is 22.5 Å². The fourth-order valence-electron chi connectivity index (χ4n) is 2.46. The van der Waals surface area contributed by atoms with Crippen LogP contribution in [0.1, 0.15) is 11.1 Å². The van der Waals surface area contributed by atoms with Gasteiger partial charge in [0.2, 0.25) is 0 Å². The Kier molecular flexibility index (Phi) is 2.32. The highest BCUT2D eigenvalue weighted by molar-refractivity contribution is 6.35. The fourth-order valence-corrected chi connectivity index (χ4v) is 2.46. The minimum atomic E-state index is -0.129. The Morgan fingerprint density at radius 2 is 2.05 bits per heavy atom. The van der Waals surface area contributed by atoms with E-state index in [4.69, 9.17) is 5.73 Å². The molecule has 0 radical (unpaired) electrons. The van der Waals surface area contributed by atoms with E-state index in [1.54, 1.807) is 12.1 Å². The normalized spacial score (nSPS) is 15.4. The van der Waals surface area contributed by atoms with Crippen molar-refractivity contribution in [3.63, 3.8) is 0 Å². The summed E-state index contributed by atoms with van der Waals surface area (Å²) in [6.07, 6.45) is 1.83. The van der Waals surface area contributed by atoms with Gasteiger partial charge in [0.25, 0.3) is 5.91 Å². The predicted molar refractivity (Wildman–Crippen MR) is 81.2 cm³/mol. The Labute approximate surface area is 119 Å². The van der Waals surface area contributed by atoms with E-state index in [0.29, 0.717) is 11.3 Å².